The van der Waals surface area contributed by atoms with E-state index in [0.29, 0.717) is 6.04 Å². The second-order valence-corrected chi connectivity index (χ2v) is 5.34. The van der Waals surface area contributed by atoms with Crippen molar-refractivity contribution in [2.24, 2.45) is 0 Å². The van der Waals surface area contributed by atoms with Crippen molar-refractivity contribution in [3.8, 4) is 6.07 Å². The predicted octanol–water partition coefficient (Wildman–Crippen LogP) is 0.904. The van der Waals surface area contributed by atoms with Gasteiger partial charge in [0, 0.05) is 19.1 Å². The Bertz CT molecular complexity index is 273. The minimum absolute atomic E-state index is 0.434. The summed E-state index contributed by atoms with van der Waals surface area (Å²) in [6.45, 7) is 8.40. The number of likely N-dealkylation sites (N-methyl/N-ethyl adjacent to an activating group) is 2. The van der Waals surface area contributed by atoms with E-state index in [1.54, 1.807) is 0 Å². The van der Waals surface area contributed by atoms with Gasteiger partial charge in [0.05, 0.1) is 6.07 Å². The van der Waals surface area contributed by atoms with E-state index >= 15 is 0 Å². The van der Waals surface area contributed by atoms with Crippen molar-refractivity contribution in [1.29, 1.82) is 5.26 Å². The first-order valence-electron chi connectivity index (χ1n) is 6.57. The van der Waals surface area contributed by atoms with Crippen LogP contribution in [0, 0.1) is 11.3 Å². The Morgan fingerprint density at radius 3 is 2.71 bits per heavy atom. The molecule has 0 aromatic heterocycles. The molecule has 98 valence electrons. The van der Waals surface area contributed by atoms with Crippen LogP contribution in [0.25, 0.3) is 0 Å². The van der Waals surface area contributed by atoms with Gasteiger partial charge in [-0.15, -0.1) is 0 Å². The third kappa shape index (κ3) is 3.95. The fraction of sp³-hybridized carbons (Fsp3) is 0.923. The van der Waals surface area contributed by atoms with Crippen LogP contribution in [0.1, 0.15) is 26.7 Å². The van der Waals surface area contributed by atoms with Crippen LogP contribution in [0.15, 0.2) is 0 Å². The van der Waals surface area contributed by atoms with Gasteiger partial charge in [-0.3, -0.25) is 4.90 Å². The van der Waals surface area contributed by atoms with Crippen LogP contribution in [0.3, 0.4) is 0 Å². The molecular weight excluding hydrogens is 212 g/mol. The van der Waals surface area contributed by atoms with E-state index in [1.165, 1.54) is 6.42 Å². The van der Waals surface area contributed by atoms with E-state index in [9.17, 15) is 5.26 Å². The van der Waals surface area contributed by atoms with Crippen LogP contribution in [0.5, 0.6) is 0 Å². The number of rotatable bonds is 4. The Morgan fingerprint density at radius 1 is 1.47 bits per heavy atom. The molecule has 4 nitrogen and oxygen atoms in total. The smallest absolute Gasteiger partial charge is 0.116 e. The van der Waals surface area contributed by atoms with Gasteiger partial charge in [0.25, 0.3) is 0 Å². The first-order valence-corrected chi connectivity index (χ1v) is 6.57. The average molecular weight is 238 g/mol. The number of nitrogens with one attached hydrogen (secondary N) is 1. The third-order valence-electron chi connectivity index (χ3n) is 3.81. The molecule has 1 heterocycles. The van der Waals surface area contributed by atoms with Gasteiger partial charge in [0.15, 0.2) is 0 Å². The second-order valence-electron chi connectivity index (χ2n) is 5.34. The monoisotopic (exact) mass is 238 g/mol. The Balaban J connectivity index is 2.70. The maximum atomic E-state index is 9.25. The fourth-order valence-electron chi connectivity index (χ4n) is 2.46. The van der Waals surface area contributed by atoms with E-state index < -0.39 is 5.54 Å². The highest BCUT2D eigenvalue weighted by atomic mass is 15.2. The fourth-order valence-corrected chi connectivity index (χ4v) is 2.46. The van der Waals surface area contributed by atoms with Crippen molar-refractivity contribution in [1.82, 2.24) is 15.1 Å². The summed E-state index contributed by atoms with van der Waals surface area (Å²) in [7, 11) is 4.06. The third-order valence-corrected chi connectivity index (χ3v) is 3.81. The largest absolute Gasteiger partial charge is 0.305 e. The molecular formula is C13H26N4. The Kier molecular flexibility index (Phi) is 5.38. The zero-order valence-electron chi connectivity index (χ0n) is 11.7. The van der Waals surface area contributed by atoms with Crippen LogP contribution in [0.4, 0.5) is 0 Å². The molecule has 17 heavy (non-hydrogen) atoms. The molecule has 1 N–H and O–H groups in total. The summed E-state index contributed by atoms with van der Waals surface area (Å²) in [4.78, 5) is 4.88. The number of hydrogen-bond donors (Lipinski definition) is 1. The van der Waals surface area contributed by atoms with Gasteiger partial charge < -0.3 is 10.2 Å². The summed E-state index contributed by atoms with van der Waals surface area (Å²) in [6.07, 6.45) is 2.34. The minimum atomic E-state index is -0.434. The van der Waals surface area contributed by atoms with Crippen molar-refractivity contribution in [3.05, 3.63) is 0 Å². The summed E-state index contributed by atoms with van der Waals surface area (Å²) in [5, 5.41) is 12.4. The maximum Gasteiger partial charge on any atom is 0.116 e. The van der Waals surface area contributed by atoms with Crippen molar-refractivity contribution >= 4 is 0 Å². The van der Waals surface area contributed by atoms with E-state index in [2.05, 4.69) is 35.2 Å². The standard InChI is InChI=1S/C13H26N4/c1-5-12-9-16(4)7-6-8-17(12)11-13(2,10-14)15-3/h12,15H,5-9,11H2,1-4H3. The molecule has 1 rings (SSSR count). The molecule has 0 bridgehead atoms. The van der Waals surface area contributed by atoms with Crippen LogP contribution in [-0.2, 0) is 0 Å². The Hall–Kier alpha value is -0.630. The summed E-state index contributed by atoms with van der Waals surface area (Å²) >= 11 is 0. The molecule has 2 unspecified atom stereocenters. The Labute approximate surface area is 106 Å². The highest BCUT2D eigenvalue weighted by Gasteiger charge is 2.29. The minimum Gasteiger partial charge on any atom is -0.305 e. The van der Waals surface area contributed by atoms with Gasteiger partial charge >= 0.3 is 0 Å². The zero-order valence-corrected chi connectivity index (χ0v) is 11.7. The highest BCUT2D eigenvalue weighted by molar-refractivity contribution is 5.05. The van der Waals surface area contributed by atoms with Crippen LogP contribution < -0.4 is 5.32 Å². The lowest BCUT2D eigenvalue weighted by Gasteiger charge is -2.35. The summed E-state index contributed by atoms with van der Waals surface area (Å²) in [6, 6.07) is 2.96. The number of hydrogen-bond acceptors (Lipinski definition) is 4. The maximum absolute atomic E-state index is 9.25. The topological polar surface area (TPSA) is 42.3 Å². The number of nitriles is 1. The van der Waals surface area contributed by atoms with Crippen LogP contribution in [-0.4, -0.2) is 61.7 Å². The van der Waals surface area contributed by atoms with Crippen molar-refractivity contribution in [2.45, 2.75) is 38.3 Å². The molecule has 1 aliphatic heterocycles. The predicted molar refractivity (Wildman–Crippen MR) is 70.8 cm³/mol. The zero-order chi connectivity index (χ0) is 12.9. The van der Waals surface area contributed by atoms with Gasteiger partial charge in [-0.2, -0.15) is 5.26 Å². The number of nitrogens with zero attached hydrogens (tertiary/aromatic N) is 3. The van der Waals surface area contributed by atoms with Gasteiger partial charge in [0.1, 0.15) is 5.54 Å². The summed E-state index contributed by atoms with van der Waals surface area (Å²) < 4.78 is 0. The van der Waals surface area contributed by atoms with Crippen LogP contribution >= 0.6 is 0 Å². The molecule has 0 radical (unpaired) electrons. The van der Waals surface area contributed by atoms with Crippen LogP contribution in [0.2, 0.25) is 0 Å². The molecule has 4 heteroatoms. The molecule has 1 saturated heterocycles. The van der Waals surface area contributed by atoms with Crippen molar-refractivity contribution < 1.29 is 0 Å². The van der Waals surface area contributed by atoms with Gasteiger partial charge in [0.2, 0.25) is 0 Å². The quantitative estimate of drug-likeness (QED) is 0.790. The van der Waals surface area contributed by atoms with Crippen molar-refractivity contribution in [3.63, 3.8) is 0 Å². The van der Waals surface area contributed by atoms with E-state index in [-0.39, 0.29) is 0 Å². The van der Waals surface area contributed by atoms with Gasteiger partial charge in [-0.05, 0) is 47.0 Å². The molecule has 1 aliphatic rings. The average Bonchev–Trinajstić information content (AvgIpc) is 2.51. The normalized spacial score (nSPS) is 27.1. The van der Waals surface area contributed by atoms with Gasteiger partial charge in [-0.25, -0.2) is 0 Å². The first-order chi connectivity index (χ1) is 8.04. The van der Waals surface area contributed by atoms with E-state index in [1.807, 2.05) is 14.0 Å². The molecule has 0 aliphatic carbocycles. The second kappa shape index (κ2) is 6.34. The molecule has 1 fully saturated rings. The van der Waals surface area contributed by atoms with E-state index in [4.69, 9.17) is 0 Å². The lowest BCUT2D eigenvalue weighted by molar-refractivity contribution is 0.155. The molecule has 2 atom stereocenters. The molecule has 0 aromatic carbocycles. The lowest BCUT2D eigenvalue weighted by Crippen LogP contribution is -2.52. The van der Waals surface area contributed by atoms with Gasteiger partial charge in [-0.1, -0.05) is 6.92 Å². The summed E-state index contributed by atoms with van der Waals surface area (Å²) in [5.74, 6) is 0. The SMILES string of the molecule is CCC1CN(C)CCCN1CC(C)(C#N)NC. The summed E-state index contributed by atoms with van der Waals surface area (Å²) in [5.41, 5.74) is -0.434. The molecule has 0 saturated carbocycles. The highest BCUT2D eigenvalue weighted by Crippen LogP contribution is 2.15. The molecule has 0 spiro atoms. The Morgan fingerprint density at radius 2 is 2.18 bits per heavy atom. The lowest BCUT2D eigenvalue weighted by atomic mass is 10.0. The molecule has 0 amide bonds. The van der Waals surface area contributed by atoms with E-state index in [0.717, 1.165) is 32.6 Å². The molecule has 0 aromatic rings. The first kappa shape index (κ1) is 14.4. The van der Waals surface area contributed by atoms with Crippen molar-refractivity contribution in [2.75, 3.05) is 40.3 Å².